The largest absolute Gasteiger partial charge is 0.490 e. The Labute approximate surface area is 192 Å². The second kappa shape index (κ2) is 9.48. The van der Waals surface area contributed by atoms with Crippen molar-refractivity contribution in [1.29, 1.82) is 0 Å². The van der Waals surface area contributed by atoms with Gasteiger partial charge < -0.3 is 14.6 Å². The van der Waals surface area contributed by atoms with Gasteiger partial charge in [0, 0.05) is 0 Å². The van der Waals surface area contributed by atoms with Gasteiger partial charge in [0.15, 0.2) is 18.1 Å². The number of nitrogens with zero attached hydrogens (tertiary/aromatic N) is 2. The van der Waals surface area contributed by atoms with Crippen LogP contribution < -0.4 is 14.5 Å². The summed E-state index contributed by atoms with van der Waals surface area (Å²) in [6, 6.07) is 10.5. The first-order valence-electron chi connectivity index (χ1n) is 8.99. The number of carboxylic acid groups (broad SMARTS) is 1. The van der Waals surface area contributed by atoms with Gasteiger partial charge in [-0.3, -0.25) is 4.79 Å². The molecule has 1 aliphatic heterocycles. The number of carbonyl (C=O) groups is 2. The Kier molecular flexibility index (Phi) is 6.99. The van der Waals surface area contributed by atoms with E-state index in [0.717, 1.165) is 0 Å². The third kappa shape index (κ3) is 4.76. The van der Waals surface area contributed by atoms with Crippen molar-refractivity contribution >= 4 is 63.5 Å². The molecule has 7 nitrogen and oxygen atoms in total. The van der Waals surface area contributed by atoms with Crippen LogP contribution in [0.2, 0.25) is 5.02 Å². The molecule has 2 aromatic carbocycles. The van der Waals surface area contributed by atoms with Crippen LogP contribution in [0.5, 0.6) is 11.5 Å². The molecule has 0 bridgehead atoms. The van der Waals surface area contributed by atoms with Crippen LogP contribution in [-0.2, 0) is 9.59 Å². The van der Waals surface area contributed by atoms with Crippen LogP contribution in [-0.4, -0.2) is 35.9 Å². The summed E-state index contributed by atoms with van der Waals surface area (Å²) in [5.74, 6) is -0.620. The number of hydrazone groups is 1. The van der Waals surface area contributed by atoms with Gasteiger partial charge in [0.05, 0.1) is 32.2 Å². The minimum absolute atomic E-state index is 0.292. The molecule has 0 spiro atoms. The van der Waals surface area contributed by atoms with Crippen molar-refractivity contribution < 1.29 is 24.2 Å². The van der Waals surface area contributed by atoms with Crippen molar-refractivity contribution in [3.8, 4) is 11.5 Å². The van der Waals surface area contributed by atoms with Crippen LogP contribution >= 0.6 is 34.2 Å². The molecule has 0 radical (unpaired) electrons. The molecule has 0 saturated heterocycles. The zero-order valence-electron chi connectivity index (χ0n) is 16.2. The SMILES string of the molecule is CCOc1cc(/C=C2\C(=O)N(c3ccccc3Cl)N=C2C)cc(I)c1OCC(=O)O. The van der Waals surface area contributed by atoms with E-state index in [1.54, 1.807) is 49.4 Å². The van der Waals surface area contributed by atoms with Crippen molar-refractivity contribution in [2.75, 3.05) is 18.2 Å². The Morgan fingerprint density at radius 3 is 2.70 bits per heavy atom. The summed E-state index contributed by atoms with van der Waals surface area (Å²) in [4.78, 5) is 23.8. The van der Waals surface area contributed by atoms with Crippen molar-refractivity contribution in [3.63, 3.8) is 0 Å². The molecule has 30 heavy (non-hydrogen) atoms. The van der Waals surface area contributed by atoms with Gasteiger partial charge in [0.2, 0.25) is 0 Å². The summed E-state index contributed by atoms with van der Waals surface area (Å²) in [5, 5.41) is 14.9. The Hall–Kier alpha value is -2.59. The lowest BCUT2D eigenvalue weighted by Gasteiger charge is -2.14. The summed E-state index contributed by atoms with van der Waals surface area (Å²) in [6.45, 7) is 3.46. The van der Waals surface area contributed by atoms with Crippen LogP contribution in [0.25, 0.3) is 6.08 Å². The molecule has 1 aliphatic rings. The van der Waals surface area contributed by atoms with E-state index in [4.69, 9.17) is 26.2 Å². The Morgan fingerprint density at radius 1 is 1.30 bits per heavy atom. The zero-order valence-corrected chi connectivity index (χ0v) is 19.1. The van der Waals surface area contributed by atoms with Crippen LogP contribution in [0.4, 0.5) is 5.69 Å². The highest BCUT2D eigenvalue weighted by atomic mass is 127. The van der Waals surface area contributed by atoms with E-state index >= 15 is 0 Å². The highest BCUT2D eigenvalue weighted by Crippen LogP contribution is 2.36. The van der Waals surface area contributed by atoms with Crippen molar-refractivity contribution in [2.45, 2.75) is 13.8 Å². The fourth-order valence-corrected chi connectivity index (χ4v) is 3.84. The standard InChI is InChI=1S/C21H18ClIN2O5/c1-3-29-18-10-13(9-16(23)20(18)30-11-19(26)27)8-14-12(2)24-25(21(14)28)17-7-5-4-6-15(17)22/h4-10H,3,11H2,1-2H3,(H,26,27)/b14-8-. The monoisotopic (exact) mass is 540 g/mol. The molecule has 0 aliphatic carbocycles. The number of benzene rings is 2. The van der Waals surface area contributed by atoms with Gasteiger partial charge in [-0.2, -0.15) is 10.1 Å². The van der Waals surface area contributed by atoms with Gasteiger partial charge in [0.1, 0.15) is 0 Å². The minimum atomic E-state index is -1.08. The maximum Gasteiger partial charge on any atom is 0.341 e. The first kappa shape index (κ1) is 22.1. The second-order valence-corrected chi connectivity index (χ2v) is 7.83. The summed E-state index contributed by atoms with van der Waals surface area (Å²) < 4.78 is 11.7. The average molecular weight is 541 g/mol. The van der Waals surface area contributed by atoms with Gasteiger partial charge in [-0.25, -0.2) is 4.79 Å². The van der Waals surface area contributed by atoms with E-state index in [9.17, 15) is 9.59 Å². The van der Waals surface area contributed by atoms with Gasteiger partial charge in [-0.15, -0.1) is 0 Å². The molecule has 0 saturated carbocycles. The molecule has 1 amide bonds. The molecule has 0 aromatic heterocycles. The predicted octanol–water partition coefficient (Wildman–Crippen LogP) is 4.61. The zero-order chi connectivity index (χ0) is 21.8. The molecule has 3 rings (SSSR count). The second-order valence-electron chi connectivity index (χ2n) is 6.26. The minimum Gasteiger partial charge on any atom is -0.490 e. The number of aliphatic carboxylic acids is 1. The predicted molar refractivity (Wildman–Crippen MR) is 123 cm³/mol. The third-order valence-electron chi connectivity index (χ3n) is 4.13. The van der Waals surface area contributed by atoms with E-state index in [0.29, 0.717) is 49.2 Å². The Bertz CT molecular complexity index is 1070. The molecular weight excluding hydrogens is 523 g/mol. The Balaban J connectivity index is 1.96. The van der Waals surface area contributed by atoms with E-state index in [1.807, 2.05) is 29.5 Å². The summed E-state index contributed by atoms with van der Waals surface area (Å²) in [5.41, 5.74) is 2.19. The van der Waals surface area contributed by atoms with Crippen molar-refractivity contribution in [3.05, 3.63) is 56.1 Å². The van der Waals surface area contributed by atoms with E-state index < -0.39 is 12.6 Å². The average Bonchev–Trinajstić information content (AvgIpc) is 2.96. The van der Waals surface area contributed by atoms with Gasteiger partial charge in [-0.05, 0) is 72.3 Å². The number of carbonyl (C=O) groups excluding carboxylic acids is 1. The molecule has 1 heterocycles. The van der Waals surface area contributed by atoms with E-state index in [1.165, 1.54) is 5.01 Å². The van der Waals surface area contributed by atoms with Crippen LogP contribution in [0, 0.1) is 3.57 Å². The summed E-state index contributed by atoms with van der Waals surface area (Å²) in [7, 11) is 0. The van der Waals surface area contributed by atoms with Crippen LogP contribution in [0.3, 0.4) is 0 Å². The van der Waals surface area contributed by atoms with Gasteiger partial charge in [0.25, 0.3) is 5.91 Å². The van der Waals surface area contributed by atoms with E-state index in [-0.39, 0.29) is 5.91 Å². The summed E-state index contributed by atoms with van der Waals surface area (Å²) >= 11 is 8.26. The number of ether oxygens (including phenoxy) is 2. The molecule has 1 N–H and O–H groups in total. The number of hydrogen-bond acceptors (Lipinski definition) is 5. The number of hydrogen-bond donors (Lipinski definition) is 1. The quantitative estimate of drug-likeness (QED) is 0.409. The lowest BCUT2D eigenvalue weighted by Crippen LogP contribution is -2.21. The van der Waals surface area contributed by atoms with Crippen LogP contribution in [0.1, 0.15) is 19.4 Å². The smallest absolute Gasteiger partial charge is 0.341 e. The maximum absolute atomic E-state index is 13.0. The topological polar surface area (TPSA) is 88.4 Å². The number of anilines is 1. The normalized spacial score (nSPS) is 14.8. The van der Waals surface area contributed by atoms with Crippen molar-refractivity contribution in [1.82, 2.24) is 0 Å². The number of halogens is 2. The molecule has 0 fully saturated rings. The van der Waals surface area contributed by atoms with Crippen molar-refractivity contribution in [2.24, 2.45) is 5.10 Å². The molecule has 0 unspecified atom stereocenters. The third-order valence-corrected chi connectivity index (χ3v) is 5.25. The first-order chi connectivity index (χ1) is 14.3. The number of para-hydroxylation sites is 1. The maximum atomic E-state index is 13.0. The lowest BCUT2D eigenvalue weighted by molar-refractivity contribution is -0.139. The summed E-state index contributed by atoms with van der Waals surface area (Å²) in [6.07, 6.45) is 1.71. The molecule has 0 atom stereocenters. The molecular formula is C21H18ClIN2O5. The lowest BCUT2D eigenvalue weighted by atomic mass is 10.1. The van der Waals surface area contributed by atoms with E-state index in [2.05, 4.69) is 5.10 Å². The number of amides is 1. The fourth-order valence-electron chi connectivity index (χ4n) is 2.85. The number of carboxylic acids is 1. The Morgan fingerprint density at radius 2 is 2.03 bits per heavy atom. The highest BCUT2D eigenvalue weighted by Gasteiger charge is 2.30. The highest BCUT2D eigenvalue weighted by molar-refractivity contribution is 14.1. The molecule has 9 heteroatoms. The van der Waals surface area contributed by atoms with Crippen LogP contribution in [0.15, 0.2) is 47.1 Å². The van der Waals surface area contributed by atoms with Gasteiger partial charge >= 0.3 is 5.97 Å². The molecule has 2 aromatic rings. The fraction of sp³-hybridized carbons (Fsp3) is 0.190. The molecule has 156 valence electrons. The first-order valence-corrected chi connectivity index (χ1v) is 10.4. The van der Waals surface area contributed by atoms with Gasteiger partial charge in [-0.1, -0.05) is 23.7 Å². The number of rotatable bonds is 7.